The lowest BCUT2D eigenvalue weighted by molar-refractivity contribution is 0.833. The van der Waals surface area contributed by atoms with Gasteiger partial charge in [-0.2, -0.15) is 0 Å². The van der Waals surface area contributed by atoms with E-state index < -0.39 is 0 Å². The Bertz CT molecular complexity index is 1250. The van der Waals surface area contributed by atoms with E-state index in [0.717, 1.165) is 16.5 Å². The van der Waals surface area contributed by atoms with Crippen LogP contribution in [-0.2, 0) is 6.42 Å². The van der Waals surface area contributed by atoms with E-state index in [1.54, 1.807) is 4.57 Å². The third-order valence-corrected chi connectivity index (χ3v) is 4.88. The zero-order chi connectivity index (χ0) is 18.8. The van der Waals surface area contributed by atoms with Crippen LogP contribution in [0.2, 0.25) is 0 Å². The molecule has 4 aromatic rings. The third-order valence-electron chi connectivity index (χ3n) is 4.13. The first-order valence-corrected chi connectivity index (χ1v) is 9.41. The van der Waals surface area contributed by atoms with Gasteiger partial charge in [-0.1, -0.05) is 48.4 Å². The van der Waals surface area contributed by atoms with Gasteiger partial charge in [-0.05, 0) is 37.1 Å². The van der Waals surface area contributed by atoms with E-state index in [-0.39, 0.29) is 5.56 Å². The van der Waals surface area contributed by atoms with Gasteiger partial charge in [0.25, 0.3) is 5.56 Å². The molecule has 2 aromatic carbocycles. The minimum Gasteiger partial charge on any atom is -0.268 e. The molecule has 2 heterocycles. The van der Waals surface area contributed by atoms with Crippen LogP contribution in [0.15, 0.2) is 53.3 Å². The van der Waals surface area contributed by atoms with Crippen LogP contribution in [-0.4, -0.2) is 19.7 Å². The average Bonchev–Trinajstić information content (AvgIpc) is 3.11. The zero-order valence-corrected chi connectivity index (χ0v) is 15.7. The van der Waals surface area contributed by atoms with Crippen molar-refractivity contribution < 1.29 is 0 Å². The number of fused-ring (bicyclic) bond motifs is 1. The highest BCUT2D eigenvalue weighted by Gasteiger charge is 2.13. The van der Waals surface area contributed by atoms with Gasteiger partial charge in [0.15, 0.2) is 5.01 Å². The molecule has 0 spiro atoms. The Morgan fingerprint density at radius 3 is 2.56 bits per heavy atom. The first-order chi connectivity index (χ1) is 13.2. The summed E-state index contributed by atoms with van der Waals surface area (Å²) >= 11 is 1.43. The molecule has 6 heteroatoms. The van der Waals surface area contributed by atoms with E-state index in [9.17, 15) is 4.79 Å². The van der Waals surface area contributed by atoms with E-state index >= 15 is 0 Å². The number of aryl methyl sites for hydroxylation is 2. The van der Waals surface area contributed by atoms with Crippen molar-refractivity contribution in [2.24, 2.45) is 0 Å². The predicted octanol–water partition coefficient (Wildman–Crippen LogP) is 3.51. The van der Waals surface area contributed by atoms with Crippen LogP contribution < -0.4 is 5.56 Å². The topological polar surface area (TPSA) is 60.7 Å². The first kappa shape index (κ1) is 17.1. The molecular formula is C21H16N4OS. The van der Waals surface area contributed by atoms with Crippen molar-refractivity contribution in [3.8, 4) is 17.5 Å². The van der Waals surface area contributed by atoms with Crippen LogP contribution in [0, 0.1) is 18.8 Å². The average molecular weight is 372 g/mol. The maximum Gasteiger partial charge on any atom is 0.267 e. The van der Waals surface area contributed by atoms with E-state index in [1.807, 2.05) is 62.4 Å². The van der Waals surface area contributed by atoms with Gasteiger partial charge in [-0.3, -0.25) is 9.36 Å². The van der Waals surface area contributed by atoms with Gasteiger partial charge in [0.05, 0.1) is 16.6 Å². The predicted molar refractivity (Wildman–Crippen MR) is 107 cm³/mol. The number of nitrogens with zero attached hydrogens (tertiary/aromatic N) is 4. The second-order valence-electron chi connectivity index (χ2n) is 5.93. The van der Waals surface area contributed by atoms with Crippen LogP contribution in [0.25, 0.3) is 16.6 Å². The molecule has 0 radical (unpaired) electrons. The molecule has 0 atom stereocenters. The quantitative estimate of drug-likeness (QED) is 0.505. The van der Waals surface area contributed by atoms with Gasteiger partial charge in [-0.25, -0.2) is 4.98 Å². The fourth-order valence-electron chi connectivity index (χ4n) is 2.93. The van der Waals surface area contributed by atoms with E-state index in [2.05, 4.69) is 22.0 Å². The molecule has 27 heavy (non-hydrogen) atoms. The van der Waals surface area contributed by atoms with Gasteiger partial charge in [0.1, 0.15) is 10.8 Å². The summed E-state index contributed by atoms with van der Waals surface area (Å²) in [5.74, 6) is 6.81. The van der Waals surface area contributed by atoms with Crippen molar-refractivity contribution in [1.82, 2.24) is 19.7 Å². The first-order valence-electron chi connectivity index (χ1n) is 8.59. The SMILES string of the molecule is CCc1nc2cccc(C#Cc3nnc(C)s3)c2c(=O)n1-c1ccccc1. The lowest BCUT2D eigenvalue weighted by Gasteiger charge is -2.13. The molecule has 0 saturated carbocycles. The number of hydrogen-bond donors (Lipinski definition) is 0. The third kappa shape index (κ3) is 3.25. The molecule has 0 aliphatic heterocycles. The summed E-state index contributed by atoms with van der Waals surface area (Å²) in [6, 6.07) is 15.1. The van der Waals surface area contributed by atoms with Crippen molar-refractivity contribution >= 4 is 22.2 Å². The van der Waals surface area contributed by atoms with Crippen molar-refractivity contribution in [3.05, 3.63) is 80.3 Å². The molecule has 4 rings (SSSR count). The number of benzene rings is 2. The minimum atomic E-state index is -0.110. The monoisotopic (exact) mass is 372 g/mol. The highest BCUT2D eigenvalue weighted by Crippen LogP contribution is 2.17. The van der Waals surface area contributed by atoms with Crippen molar-refractivity contribution in [2.45, 2.75) is 20.3 Å². The van der Waals surface area contributed by atoms with Gasteiger partial charge < -0.3 is 0 Å². The van der Waals surface area contributed by atoms with Crippen LogP contribution in [0.4, 0.5) is 0 Å². The van der Waals surface area contributed by atoms with Crippen LogP contribution in [0.3, 0.4) is 0 Å². The van der Waals surface area contributed by atoms with Crippen molar-refractivity contribution in [1.29, 1.82) is 0 Å². The molecule has 2 aromatic heterocycles. The van der Waals surface area contributed by atoms with Crippen LogP contribution in [0.1, 0.15) is 28.3 Å². The molecule has 0 aliphatic rings. The Morgan fingerprint density at radius 1 is 1.04 bits per heavy atom. The Labute approximate surface area is 160 Å². The Hall–Kier alpha value is -3.30. The van der Waals surface area contributed by atoms with Crippen LogP contribution in [0.5, 0.6) is 0 Å². The highest BCUT2D eigenvalue weighted by atomic mass is 32.1. The van der Waals surface area contributed by atoms with Crippen LogP contribution >= 0.6 is 11.3 Å². The fourth-order valence-corrected chi connectivity index (χ4v) is 3.47. The standard InChI is InChI=1S/C21H16N4OS/c1-3-18-22-17-11-7-8-15(12-13-19-24-23-14(2)27-19)20(17)21(26)25(18)16-9-5-4-6-10-16/h4-11H,3H2,1-2H3. The highest BCUT2D eigenvalue weighted by molar-refractivity contribution is 7.11. The zero-order valence-electron chi connectivity index (χ0n) is 14.9. The van der Waals surface area contributed by atoms with Gasteiger partial charge in [-0.15, -0.1) is 10.2 Å². The summed E-state index contributed by atoms with van der Waals surface area (Å²) in [6.07, 6.45) is 0.653. The largest absolute Gasteiger partial charge is 0.268 e. The molecule has 5 nitrogen and oxygen atoms in total. The Morgan fingerprint density at radius 2 is 1.85 bits per heavy atom. The molecule has 0 aliphatic carbocycles. The fraction of sp³-hybridized carbons (Fsp3) is 0.143. The summed E-state index contributed by atoms with van der Waals surface area (Å²) in [7, 11) is 0. The van der Waals surface area contributed by atoms with Gasteiger partial charge in [0, 0.05) is 12.0 Å². The molecule has 0 fully saturated rings. The Kier molecular flexibility index (Phi) is 4.53. The van der Waals surface area contributed by atoms with E-state index in [0.29, 0.717) is 27.9 Å². The normalized spacial score (nSPS) is 10.6. The molecular weight excluding hydrogens is 356 g/mol. The molecule has 0 amide bonds. The second kappa shape index (κ2) is 7.14. The van der Waals surface area contributed by atoms with E-state index in [1.165, 1.54) is 11.3 Å². The van der Waals surface area contributed by atoms with Crippen molar-refractivity contribution in [3.63, 3.8) is 0 Å². The number of hydrogen-bond acceptors (Lipinski definition) is 5. The number of aromatic nitrogens is 4. The van der Waals surface area contributed by atoms with Crippen molar-refractivity contribution in [2.75, 3.05) is 0 Å². The summed E-state index contributed by atoms with van der Waals surface area (Å²) in [5.41, 5.74) is 1.99. The number of para-hydroxylation sites is 1. The number of rotatable bonds is 2. The Balaban J connectivity index is 1.98. The lowest BCUT2D eigenvalue weighted by atomic mass is 10.1. The minimum absolute atomic E-state index is 0.110. The van der Waals surface area contributed by atoms with Gasteiger partial charge in [0.2, 0.25) is 0 Å². The molecule has 0 bridgehead atoms. The molecule has 0 saturated heterocycles. The molecule has 132 valence electrons. The maximum absolute atomic E-state index is 13.4. The summed E-state index contributed by atoms with van der Waals surface area (Å²) < 4.78 is 1.67. The molecule has 0 unspecified atom stereocenters. The second-order valence-corrected chi connectivity index (χ2v) is 7.12. The van der Waals surface area contributed by atoms with E-state index in [4.69, 9.17) is 4.98 Å². The lowest BCUT2D eigenvalue weighted by Crippen LogP contribution is -2.24. The summed E-state index contributed by atoms with van der Waals surface area (Å²) in [4.78, 5) is 18.1. The summed E-state index contributed by atoms with van der Waals surface area (Å²) in [5, 5.41) is 10.0. The maximum atomic E-state index is 13.4. The molecule has 0 N–H and O–H groups in total. The summed E-state index contributed by atoms with van der Waals surface area (Å²) in [6.45, 7) is 3.88. The van der Waals surface area contributed by atoms with Gasteiger partial charge >= 0.3 is 0 Å². The smallest absolute Gasteiger partial charge is 0.267 e.